The van der Waals surface area contributed by atoms with Crippen LogP contribution in [0.5, 0.6) is 0 Å². The molecule has 5 heteroatoms. The lowest BCUT2D eigenvalue weighted by molar-refractivity contribution is 0.0926. The fourth-order valence-corrected chi connectivity index (χ4v) is 4.19. The molecular formula is C24H18N2O3. The fourth-order valence-electron chi connectivity index (χ4n) is 4.19. The molecule has 5 rings (SSSR count). The molecule has 3 aromatic rings. The number of carbonyl (C=O) groups excluding carboxylic acids is 3. The van der Waals surface area contributed by atoms with Crippen LogP contribution in [0.1, 0.15) is 42.2 Å². The van der Waals surface area contributed by atoms with Gasteiger partial charge in [0.2, 0.25) is 0 Å². The van der Waals surface area contributed by atoms with E-state index in [9.17, 15) is 14.4 Å². The second kappa shape index (κ2) is 6.71. The van der Waals surface area contributed by atoms with Crippen molar-refractivity contribution in [3.63, 3.8) is 0 Å². The Kier molecular flexibility index (Phi) is 4.02. The summed E-state index contributed by atoms with van der Waals surface area (Å²) in [5.74, 6) is -1.09. The average Bonchev–Trinajstić information content (AvgIpc) is 3.26. The van der Waals surface area contributed by atoms with Crippen molar-refractivity contribution in [1.82, 2.24) is 5.32 Å². The van der Waals surface area contributed by atoms with E-state index in [1.165, 1.54) is 11.1 Å². The van der Waals surface area contributed by atoms with E-state index in [-0.39, 0.29) is 11.9 Å². The van der Waals surface area contributed by atoms with Crippen molar-refractivity contribution in [2.45, 2.75) is 18.9 Å². The third kappa shape index (κ3) is 2.83. The molecule has 142 valence electrons. The first-order valence-electron chi connectivity index (χ1n) is 9.58. The predicted molar refractivity (Wildman–Crippen MR) is 109 cm³/mol. The Hall–Kier alpha value is -3.73. The highest BCUT2D eigenvalue weighted by molar-refractivity contribution is 6.35. The summed E-state index contributed by atoms with van der Waals surface area (Å²) < 4.78 is 0. The predicted octanol–water partition coefficient (Wildman–Crippen LogP) is 3.38. The van der Waals surface area contributed by atoms with Crippen molar-refractivity contribution in [1.29, 1.82) is 0 Å². The third-order valence-corrected chi connectivity index (χ3v) is 5.57. The molecule has 5 nitrogen and oxygen atoms in total. The molecule has 1 aliphatic heterocycles. The van der Waals surface area contributed by atoms with Crippen molar-refractivity contribution >= 4 is 23.4 Å². The van der Waals surface area contributed by atoms with Crippen LogP contribution in [0.15, 0.2) is 72.8 Å². The van der Waals surface area contributed by atoms with Crippen LogP contribution in [-0.2, 0) is 12.8 Å². The molecule has 0 fully saturated rings. The molecule has 2 aliphatic rings. The van der Waals surface area contributed by atoms with Gasteiger partial charge in [0, 0.05) is 6.04 Å². The standard InChI is InChI=1S/C24H18N2O3/c27-22(25-17-13-15-7-1-2-8-16(15)14-17)20-11-5-6-12-21(20)26-23(28)18-9-3-4-10-19(18)24(26)29/h1-12,17H,13-14H2,(H,25,27). The number of imide groups is 1. The maximum Gasteiger partial charge on any atom is 0.266 e. The van der Waals surface area contributed by atoms with Gasteiger partial charge >= 0.3 is 0 Å². The number of para-hydroxylation sites is 1. The minimum atomic E-state index is -0.404. The van der Waals surface area contributed by atoms with E-state index in [1.54, 1.807) is 48.5 Å². The molecule has 3 amide bonds. The van der Waals surface area contributed by atoms with Crippen LogP contribution in [0.2, 0.25) is 0 Å². The molecule has 0 radical (unpaired) electrons. The average molecular weight is 382 g/mol. The smallest absolute Gasteiger partial charge is 0.266 e. The molecule has 1 N–H and O–H groups in total. The minimum Gasteiger partial charge on any atom is -0.349 e. The van der Waals surface area contributed by atoms with Crippen LogP contribution in [0, 0.1) is 0 Å². The third-order valence-electron chi connectivity index (χ3n) is 5.57. The lowest BCUT2D eigenvalue weighted by Crippen LogP contribution is -2.37. The Morgan fingerprint density at radius 1 is 0.759 bits per heavy atom. The lowest BCUT2D eigenvalue weighted by Gasteiger charge is -2.19. The van der Waals surface area contributed by atoms with Crippen LogP contribution in [0.3, 0.4) is 0 Å². The van der Waals surface area contributed by atoms with E-state index in [0.29, 0.717) is 22.4 Å². The highest BCUT2D eigenvalue weighted by Crippen LogP contribution is 2.31. The highest BCUT2D eigenvalue weighted by atomic mass is 16.2. The van der Waals surface area contributed by atoms with E-state index < -0.39 is 11.8 Å². The normalized spacial score (nSPS) is 15.4. The number of fused-ring (bicyclic) bond motifs is 2. The van der Waals surface area contributed by atoms with Crippen molar-refractivity contribution < 1.29 is 14.4 Å². The minimum absolute atomic E-state index is 0.00451. The highest BCUT2D eigenvalue weighted by Gasteiger charge is 2.38. The lowest BCUT2D eigenvalue weighted by atomic mass is 10.1. The molecule has 0 saturated heterocycles. The summed E-state index contributed by atoms with van der Waals surface area (Å²) in [6, 6.07) is 21.6. The summed E-state index contributed by atoms with van der Waals surface area (Å²) in [6.45, 7) is 0. The molecule has 0 bridgehead atoms. The van der Waals surface area contributed by atoms with Crippen molar-refractivity contribution in [2.24, 2.45) is 0 Å². The molecule has 0 spiro atoms. The van der Waals surface area contributed by atoms with Gasteiger partial charge in [0.15, 0.2) is 0 Å². The quantitative estimate of drug-likeness (QED) is 0.706. The maximum atomic E-state index is 13.1. The van der Waals surface area contributed by atoms with Gasteiger partial charge < -0.3 is 5.32 Å². The Balaban J connectivity index is 1.43. The van der Waals surface area contributed by atoms with E-state index in [0.717, 1.165) is 17.7 Å². The Morgan fingerprint density at radius 3 is 1.90 bits per heavy atom. The maximum absolute atomic E-state index is 13.1. The van der Waals surface area contributed by atoms with Gasteiger partial charge in [-0.05, 0) is 48.2 Å². The van der Waals surface area contributed by atoms with Gasteiger partial charge in [-0.2, -0.15) is 0 Å². The molecule has 0 saturated carbocycles. The zero-order valence-corrected chi connectivity index (χ0v) is 15.6. The number of amides is 3. The number of hydrogen-bond donors (Lipinski definition) is 1. The molecule has 29 heavy (non-hydrogen) atoms. The van der Waals surface area contributed by atoms with Crippen molar-refractivity contribution in [2.75, 3.05) is 4.90 Å². The summed E-state index contributed by atoms with van der Waals surface area (Å²) in [5, 5.41) is 3.07. The molecule has 0 atom stereocenters. The number of nitrogens with one attached hydrogen (secondary N) is 1. The second-order valence-corrected chi connectivity index (χ2v) is 7.36. The Morgan fingerprint density at radius 2 is 1.28 bits per heavy atom. The summed E-state index contributed by atoms with van der Waals surface area (Å²) in [6.07, 6.45) is 1.55. The first kappa shape index (κ1) is 17.4. The monoisotopic (exact) mass is 382 g/mol. The van der Waals surface area contributed by atoms with Gasteiger partial charge in [-0.3, -0.25) is 14.4 Å². The Bertz CT molecular complexity index is 1110. The van der Waals surface area contributed by atoms with Crippen LogP contribution < -0.4 is 10.2 Å². The summed E-state index contributed by atoms with van der Waals surface area (Å²) in [5.41, 5.74) is 3.83. The molecule has 0 aromatic heterocycles. The Labute approximate surface area is 168 Å². The van der Waals surface area contributed by atoms with Gasteiger partial charge in [-0.25, -0.2) is 4.90 Å². The summed E-state index contributed by atoms with van der Waals surface area (Å²) in [7, 11) is 0. The molecule has 3 aromatic carbocycles. The van der Waals surface area contributed by atoms with Crippen LogP contribution in [-0.4, -0.2) is 23.8 Å². The SMILES string of the molecule is O=C(NC1Cc2ccccc2C1)c1ccccc1N1C(=O)c2ccccc2C1=O. The number of rotatable bonds is 3. The number of nitrogens with zero attached hydrogens (tertiary/aromatic N) is 1. The first-order chi connectivity index (χ1) is 14.1. The van der Waals surface area contributed by atoms with E-state index in [2.05, 4.69) is 17.4 Å². The van der Waals surface area contributed by atoms with Gasteiger partial charge in [0.05, 0.1) is 22.4 Å². The summed E-state index contributed by atoms with van der Waals surface area (Å²) in [4.78, 5) is 39.9. The molecular weight excluding hydrogens is 364 g/mol. The topological polar surface area (TPSA) is 66.5 Å². The number of benzene rings is 3. The number of carbonyl (C=O) groups is 3. The van der Waals surface area contributed by atoms with Gasteiger partial charge in [-0.15, -0.1) is 0 Å². The van der Waals surface area contributed by atoms with E-state index >= 15 is 0 Å². The first-order valence-corrected chi connectivity index (χ1v) is 9.58. The van der Waals surface area contributed by atoms with Gasteiger partial charge in [0.25, 0.3) is 17.7 Å². The van der Waals surface area contributed by atoms with E-state index in [1.807, 2.05) is 12.1 Å². The summed E-state index contributed by atoms with van der Waals surface area (Å²) >= 11 is 0. The molecule has 0 unspecified atom stereocenters. The number of anilines is 1. The zero-order chi connectivity index (χ0) is 20.0. The van der Waals surface area contributed by atoms with Crippen molar-refractivity contribution in [3.05, 3.63) is 101 Å². The second-order valence-electron chi connectivity index (χ2n) is 7.36. The van der Waals surface area contributed by atoms with Crippen LogP contribution >= 0.6 is 0 Å². The van der Waals surface area contributed by atoms with E-state index in [4.69, 9.17) is 0 Å². The zero-order valence-electron chi connectivity index (χ0n) is 15.6. The van der Waals surface area contributed by atoms with Gasteiger partial charge in [-0.1, -0.05) is 48.5 Å². The van der Waals surface area contributed by atoms with Crippen LogP contribution in [0.25, 0.3) is 0 Å². The fraction of sp³-hybridized carbons (Fsp3) is 0.125. The van der Waals surface area contributed by atoms with Crippen LogP contribution in [0.4, 0.5) is 5.69 Å². The number of hydrogen-bond acceptors (Lipinski definition) is 3. The largest absolute Gasteiger partial charge is 0.349 e. The molecule has 1 heterocycles. The van der Waals surface area contributed by atoms with Gasteiger partial charge in [0.1, 0.15) is 0 Å². The van der Waals surface area contributed by atoms with Crippen molar-refractivity contribution in [3.8, 4) is 0 Å². The molecule has 1 aliphatic carbocycles.